The smallest absolute Gasteiger partial charge is 0.310 e. The number of rotatable bonds is 6. The van der Waals surface area contributed by atoms with Gasteiger partial charge in [0.1, 0.15) is 11.6 Å². The van der Waals surface area contributed by atoms with E-state index < -0.39 is 0 Å². The van der Waals surface area contributed by atoms with Crippen molar-refractivity contribution in [3.05, 3.63) is 60.7 Å². The second-order valence-corrected chi connectivity index (χ2v) is 6.24. The molecule has 5 nitrogen and oxygen atoms in total. The lowest BCUT2D eigenvalue weighted by Gasteiger charge is -2.10. The number of thioether (sulfide) groups is 1. The first-order valence-corrected chi connectivity index (χ1v) is 9.46. The predicted molar refractivity (Wildman–Crippen MR) is 105 cm³/mol. The summed E-state index contributed by atoms with van der Waals surface area (Å²) in [5.41, 5.74) is 2.75. The summed E-state index contributed by atoms with van der Waals surface area (Å²) in [6.07, 6.45) is 2.30. The number of ether oxygens (including phenoxy) is 1. The molecule has 0 unspecified atom stereocenters. The van der Waals surface area contributed by atoms with Gasteiger partial charge in [0.2, 0.25) is 0 Å². The maximum absolute atomic E-state index is 11.3. The van der Waals surface area contributed by atoms with Crippen molar-refractivity contribution in [3.8, 4) is 17.0 Å². The van der Waals surface area contributed by atoms with Gasteiger partial charge in [-0.1, -0.05) is 49.0 Å². The Morgan fingerprint density at radius 3 is 2.46 bits per heavy atom. The fourth-order valence-electron chi connectivity index (χ4n) is 2.30. The highest BCUT2D eigenvalue weighted by Gasteiger charge is 2.07. The van der Waals surface area contributed by atoms with Crippen LogP contribution in [0.4, 0.5) is 11.5 Å². The number of nitrogens with one attached hydrogen (secondary N) is 1. The minimum Gasteiger partial charge on any atom is -0.427 e. The van der Waals surface area contributed by atoms with Gasteiger partial charge in [0.05, 0.1) is 5.69 Å². The van der Waals surface area contributed by atoms with Crippen LogP contribution < -0.4 is 10.1 Å². The number of anilines is 2. The van der Waals surface area contributed by atoms with E-state index in [4.69, 9.17) is 4.74 Å². The molecule has 0 aliphatic carbocycles. The van der Waals surface area contributed by atoms with Crippen LogP contribution in [0, 0.1) is 0 Å². The largest absolute Gasteiger partial charge is 0.427 e. The Hall–Kier alpha value is -2.86. The molecule has 6 heteroatoms. The summed E-state index contributed by atoms with van der Waals surface area (Å²) in [6.45, 7) is 1.76. The van der Waals surface area contributed by atoms with Crippen LogP contribution in [-0.2, 0) is 4.79 Å². The van der Waals surface area contributed by atoms with E-state index in [1.165, 1.54) is 11.8 Å². The zero-order valence-electron chi connectivity index (χ0n) is 14.6. The van der Waals surface area contributed by atoms with Gasteiger partial charge in [-0.05, 0) is 30.5 Å². The minimum absolute atomic E-state index is 0.251. The van der Waals surface area contributed by atoms with Gasteiger partial charge in [-0.2, -0.15) is 0 Å². The molecule has 1 aromatic heterocycles. The standard InChI is InChI=1S/C20H19N3O2S/c1-3-19(24)25-16-11-9-15(10-12-16)21-18-13-17(22-20(23-18)26-2)14-7-5-4-6-8-14/h4-13H,3H2,1-2H3,(H,21,22,23). The number of hydrogen-bond donors (Lipinski definition) is 1. The van der Waals surface area contributed by atoms with Crippen LogP contribution in [0.15, 0.2) is 65.8 Å². The van der Waals surface area contributed by atoms with Gasteiger partial charge in [0, 0.05) is 23.7 Å². The monoisotopic (exact) mass is 365 g/mol. The fraction of sp³-hybridized carbons (Fsp3) is 0.150. The molecule has 3 rings (SSSR count). The van der Waals surface area contributed by atoms with E-state index in [1.807, 2.05) is 54.8 Å². The Labute approximate surface area is 156 Å². The summed E-state index contributed by atoms with van der Waals surface area (Å²) in [5.74, 6) is 0.986. The van der Waals surface area contributed by atoms with Crippen molar-refractivity contribution in [2.24, 2.45) is 0 Å². The van der Waals surface area contributed by atoms with Crippen LogP contribution in [0.1, 0.15) is 13.3 Å². The van der Waals surface area contributed by atoms with Crippen LogP contribution in [0.25, 0.3) is 11.3 Å². The number of aromatic nitrogens is 2. The lowest BCUT2D eigenvalue weighted by Crippen LogP contribution is -2.05. The van der Waals surface area contributed by atoms with Gasteiger partial charge >= 0.3 is 5.97 Å². The summed E-state index contributed by atoms with van der Waals surface area (Å²) < 4.78 is 5.19. The number of carbonyl (C=O) groups is 1. The molecule has 0 aliphatic heterocycles. The van der Waals surface area contributed by atoms with E-state index in [2.05, 4.69) is 15.3 Å². The molecular weight excluding hydrogens is 346 g/mol. The third-order valence-corrected chi connectivity index (χ3v) is 4.15. The average Bonchev–Trinajstić information content (AvgIpc) is 2.69. The first kappa shape index (κ1) is 17.9. The number of nitrogens with zero attached hydrogens (tertiary/aromatic N) is 2. The van der Waals surface area contributed by atoms with Crippen LogP contribution in [-0.4, -0.2) is 22.2 Å². The van der Waals surface area contributed by atoms with Gasteiger partial charge in [-0.25, -0.2) is 9.97 Å². The predicted octanol–water partition coefficient (Wildman–Crippen LogP) is 4.92. The number of carbonyl (C=O) groups excluding carboxylic acids is 1. The van der Waals surface area contributed by atoms with E-state index in [0.717, 1.165) is 16.9 Å². The molecule has 0 spiro atoms. The highest BCUT2D eigenvalue weighted by atomic mass is 32.2. The summed E-state index contributed by atoms with van der Waals surface area (Å²) >= 11 is 1.49. The zero-order valence-corrected chi connectivity index (χ0v) is 15.4. The first-order chi connectivity index (χ1) is 12.7. The molecule has 26 heavy (non-hydrogen) atoms. The molecule has 0 amide bonds. The normalized spacial score (nSPS) is 10.4. The van der Waals surface area contributed by atoms with Crippen molar-refractivity contribution in [1.82, 2.24) is 9.97 Å². The first-order valence-electron chi connectivity index (χ1n) is 8.24. The van der Waals surface area contributed by atoms with Gasteiger partial charge in [-0.15, -0.1) is 0 Å². The van der Waals surface area contributed by atoms with E-state index in [1.54, 1.807) is 19.1 Å². The van der Waals surface area contributed by atoms with Gasteiger partial charge in [0.15, 0.2) is 5.16 Å². The molecule has 132 valence electrons. The Morgan fingerprint density at radius 2 is 1.81 bits per heavy atom. The van der Waals surface area contributed by atoms with Gasteiger partial charge in [-0.3, -0.25) is 4.79 Å². The highest BCUT2D eigenvalue weighted by molar-refractivity contribution is 7.98. The molecule has 2 aromatic carbocycles. The van der Waals surface area contributed by atoms with E-state index in [9.17, 15) is 4.79 Å². The van der Waals surface area contributed by atoms with E-state index in [-0.39, 0.29) is 5.97 Å². The second-order valence-electron chi connectivity index (χ2n) is 5.47. The summed E-state index contributed by atoms with van der Waals surface area (Å²) in [7, 11) is 0. The Morgan fingerprint density at radius 1 is 1.08 bits per heavy atom. The maximum atomic E-state index is 11.3. The van der Waals surface area contributed by atoms with Crippen molar-refractivity contribution in [3.63, 3.8) is 0 Å². The van der Waals surface area contributed by atoms with Crippen molar-refractivity contribution in [2.75, 3.05) is 11.6 Å². The van der Waals surface area contributed by atoms with Crippen molar-refractivity contribution >= 4 is 29.2 Å². The van der Waals surface area contributed by atoms with Crippen molar-refractivity contribution in [1.29, 1.82) is 0 Å². The van der Waals surface area contributed by atoms with Crippen LogP contribution in [0.5, 0.6) is 5.75 Å². The average molecular weight is 365 g/mol. The van der Waals surface area contributed by atoms with Gasteiger partial charge < -0.3 is 10.1 Å². The molecule has 0 atom stereocenters. The molecule has 0 bridgehead atoms. The second kappa shape index (κ2) is 8.49. The minimum atomic E-state index is -0.251. The van der Waals surface area contributed by atoms with Crippen molar-refractivity contribution in [2.45, 2.75) is 18.5 Å². The highest BCUT2D eigenvalue weighted by Crippen LogP contribution is 2.25. The summed E-state index contributed by atoms with van der Waals surface area (Å²) in [4.78, 5) is 20.4. The Balaban J connectivity index is 1.82. The molecule has 0 aliphatic rings. The summed E-state index contributed by atoms with van der Waals surface area (Å²) in [5, 5.41) is 3.97. The molecular formula is C20H19N3O2S. The SMILES string of the molecule is CCC(=O)Oc1ccc(Nc2cc(-c3ccccc3)nc(SC)n2)cc1. The molecule has 1 N–H and O–H groups in total. The third-order valence-electron chi connectivity index (χ3n) is 3.60. The van der Waals surface area contributed by atoms with Crippen LogP contribution in [0.3, 0.4) is 0 Å². The van der Waals surface area contributed by atoms with Gasteiger partial charge in [0.25, 0.3) is 0 Å². The molecule has 0 radical (unpaired) electrons. The number of hydrogen-bond acceptors (Lipinski definition) is 6. The van der Waals surface area contributed by atoms with Crippen LogP contribution >= 0.6 is 11.8 Å². The zero-order chi connectivity index (χ0) is 18.4. The van der Waals surface area contributed by atoms with E-state index >= 15 is 0 Å². The topological polar surface area (TPSA) is 64.1 Å². The van der Waals surface area contributed by atoms with Crippen molar-refractivity contribution < 1.29 is 9.53 Å². The number of esters is 1. The van der Waals surface area contributed by atoms with E-state index in [0.29, 0.717) is 23.1 Å². The Bertz CT molecular complexity index is 883. The number of benzene rings is 2. The molecule has 1 heterocycles. The Kier molecular flexibility index (Phi) is 5.86. The van der Waals surface area contributed by atoms with Crippen LogP contribution in [0.2, 0.25) is 0 Å². The molecule has 0 saturated heterocycles. The quantitative estimate of drug-likeness (QED) is 0.289. The molecule has 3 aromatic rings. The third kappa shape index (κ3) is 4.61. The maximum Gasteiger partial charge on any atom is 0.310 e. The molecule has 0 saturated carbocycles. The lowest BCUT2D eigenvalue weighted by atomic mass is 10.1. The molecule has 0 fully saturated rings. The summed E-state index contributed by atoms with van der Waals surface area (Å²) in [6, 6.07) is 19.1. The fourth-order valence-corrected chi connectivity index (χ4v) is 2.67. The lowest BCUT2D eigenvalue weighted by molar-refractivity contribution is -0.134.